The summed E-state index contributed by atoms with van der Waals surface area (Å²) in [7, 11) is 0. The summed E-state index contributed by atoms with van der Waals surface area (Å²) >= 11 is 0. The topological polar surface area (TPSA) is 63.8 Å². The summed E-state index contributed by atoms with van der Waals surface area (Å²) < 4.78 is 5.41. The van der Waals surface area contributed by atoms with E-state index < -0.39 is 0 Å². The Morgan fingerprint density at radius 2 is 1.96 bits per heavy atom. The van der Waals surface area contributed by atoms with Crippen LogP contribution in [0, 0.1) is 19.8 Å². The quantitative estimate of drug-likeness (QED) is 0.729. The van der Waals surface area contributed by atoms with Gasteiger partial charge in [-0.1, -0.05) is 48.8 Å². The fraction of sp³-hybridized carbons (Fsp3) is 0.350. The van der Waals surface area contributed by atoms with E-state index in [2.05, 4.69) is 66.3 Å². The largest absolute Gasteiger partial charge is 0.338 e. The van der Waals surface area contributed by atoms with Crippen LogP contribution in [0.5, 0.6) is 0 Å². The Morgan fingerprint density at radius 1 is 1.12 bits per heavy atom. The van der Waals surface area contributed by atoms with E-state index in [1.165, 1.54) is 11.1 Å². The lowest BCUT2D eigenvalue weighted by Gasteiger charge is -2.22. The van der Waals surface area contributed by atoms with E-state index in [0.717, 1.165) is 11.3 Å². The minimum absolute atomic E-state index is 0.135. The van der Waals surface area contributed by atoms with Crippen molar-refractivity contribution in [2.75, 3.05) is 0 Å². The van der Waals surface area contributed by atoms with E-state index in [4.69, 9.17) is 4.52 Å². The number of rotatable bonds is 6. The van der Waals surface area contributed by atoms with E-state index in [1.54, 1.807) is 0 Å². The Balaban J connectivity index is 1.73. The first kappa shape index (κ1) is 17.3. The molecule has 0 amide bonds. The van der Waals surface area contributed by atoms with E-state index in [0.29, 0.717) is 24.2 Å². The SMILES string of the molecule is Cc1cccc(-c2noc(CNC(c3ncccc3C)C(C)C)n2)c1. The van der Waals surface area contributed by atoms with Gasteiger partial charge in [-0.15, -0.1) is 0 Å². The molecule has 25 heavy (non-hydrogen) atoms. The highest BCUT2D eigenvalue weighted by Gasteiger charge is 2.19. The number of aromatic nitrogens is 3. The van der Waals surface area contributed by atoms with Crippen LogP contribution >= 0.6 is 0 Å². The molecule has 0 aliphatic heterocycles. The summed E-state index contributed by atoms with van der Waals surface area (Å²) in [4.78, 5) is 9.05. The van der Waals surface area contributed by atoms with Gasteiger partial charge in [0, 0.05) is 11.8 Å². The Hall–Kier alpha value is -2.53. The molecule has 0 fully saturated rings. The fourth-order valence-corrected chi connectivity index (χ4v) is 2.90. The summed E-state index contributed by atoms with van der Waals surface area (Å²) in [5, 5.41) is 7.61. The summed E-state index contributed by atoms with van der Waals surface area (Å²) in [5.41, 5.74) is 4.39. The van der Waals surface area contributed by atoms with E-state index in [1.807, 2.05) is 24.4 Å². The van der Waals surface area contributed by atoms with Crippen LogP contribution in [0.3, 0.4) is 0 Å². The van der Waals surface area contributed by atoms with E-state index in [9.17, 15) is 0 Å². The highest BCUT2D eigenvalue weighted by Crippen LogP contribution is 2.23. The molecule has 0 saturated heterocycles. The molecule has 130 valence electrons. The molecule has 2 aromatic heterocycles. The van der Waals surface area contributed by atoms with Crippen molar-refractivity contribution in [1.29, 1.82) is 0 Å². The Bertz CT molecular complexity index is 841. The summed E-state index contributed by atoms with van der Waals surface area (Å²) in [6.45, 7) is 9.00. The Morgan fingerprint density at radius 3 is 2.68 bits per heavy atom. The van der Waals surface area contributed by atoms with Crippen molar-refractivity contribution in [3.05, 3.63) is 65.3 Å². The normalized spacial score (nSPS) is 12.5. The highest BCUT2D eigenvalue weighted by molar-refractivity contribution is 5.55. The van der Waals surface area contributed by atoms with Crippen molar-refractivity contribution < 1.29 is 4.52 Å². The van der Waals surface area contributed by atoms with Gasteiger partial charge in [-0.25, -0.2) is 0 Å². The lowest BCUT2D eigenvalue weighted by Crippen LogP contribution is -2.27. The maximum Gasteiger partial charge on any atom is 0.240 e. The summed E-state index contributed by atoms with van der Waals surface area (Å²) in [5.74, 6) is 1.60. The summed E-state index contributed by atoms with van der Waals surface area (Å²) in [6, 6.07) is 12.3. The molecule has 5 nitrogen and oxygen atoms in total. The van der Waals surface area contributed by atoms with Gasteiger partial charge in [0.05, 0.1) is 18.3 Å². The van der Waals surface area contributed by atoms with Crippen LogP contribution < -0.4 is 5.32 Å². The van der Waals surface area contributed by atoms with Gasteiger partial charge in [0.2, 0.25) is 11.7 Å². The van der Waals surface area contributed by atoms with Gasteiger partial charge >= 0.3 is 0 Å². The van der Waals surface area contributed by atoms with Crippen molar-refractivity contribution in [3.8, 4) is 11.4 Å². The zero-order chi connectivity index (χ0) is 17.8. The number of aryl methyl sites for hydroxylation is 2. The third-order valence-corrected chi connectivity index (χ3v) is 4.23. The molecule has 0 spiro atoms. The number of pyridine rings is 1. The Kier molecular flexibility index (Phi) is 5.24. The first-order valence-corrected chi connectivity index (χ1v) is 8.59. The molecule has 0 bridgehead atoms. The minimum atomic E-state index is 0.135. The predicted molar refractivity (Wildman–Crippen MR) is 97.9 cm³/mol. The third kappa shape index (κ3) is 4.12. The predicted octanol–water partition coefficient (Wildman–Crippen LogP) is 4.24. The molecule has 0 radical (unpaired) electrons. The van der Waals surface area contributed by atoms with Crippen LogP contribution in [-0.2, 0) is 6.54 Å². The average molecular weight is 336 g/mol. The van der Waals surface area contributed by atoms with Gasteiger partial charge in [-0.05, 0) is 37.5 Å². The molecule has 5 heteroatoms. The fourth-order valence-electron chi connectivity index (χ4n) is 2.90. The lowest BCUT2D eigenvalue weighted by atomic mass is 9.97. The number of hydrogen-bond acceptors (Lipinski definition) is 5. The second kappa shape index (κ2) is 7.57. The maximum absolute atomic E-state index is 5.41. The number of nitrogens with zero attached hydrogens (tertiary/aromatic N) is 3. The molecular formula is C20H24N4O. The average Bonchev–Trinajstić information content (AvgIpc) is 3.05. The smallest absolute Gasteiger partial charge is 0.240 e. The van der Waals surface area contributed by atoms with Crippen molar-refractivity contribution in [3.63, 3.8) is 0 Å². The minimum Gasteiger partial charge on any atom is -0.338 e. The van der Waals surface area contributed by atoms with Crippen LogP contribution in [0.25, 0.3) is 11.4 Å². The first-order valence-electron chi connectivity index (χ1n) is 8.59. The van der Waals surface area contributed by atoms with Crippen molar-refractivity contribution >= 4 is 0 Å². The van der Waals surface area contributed by atoms with Crippen molar-refractivity contribution in [2.24, 2.45) is 5.92 Å². The zero-order valence-electron chi connectivity index (χ0n) is 15.2. The monoisotopic (exact) mass is 336 g/mol. The molecular weight excluding hydrogens is 312 g/mol. The van der Waals surface area contributed by atoms with Crippen LogP contribution in [0.4, 0.5) is 0 Å². The van der Waals surface area contributed by atoms with Crippen LogP contribution in [0.15, 0.2) is 47.1 Å². The lowest BCUT2D eigenvalue weighted by molar-refractivity contribution is 0.334. The maximum atomic E-state index is 5.41. The molecule has 2 heterocycles. The first-order chi connectivity index (χ1) is 12.0. The van der Waals surface area contributed by atoms with E-state index >= 15 is 0 Å². The molecule has 1 aromatic carbocycles. The van der Waals surface area contributed by atoms with Crippen LogP contribution in [0.2, 0.25) is 0 Å². The zero-order valence-corrected chi connectivity index (χ0v) is 15.2. The van der Waals surface area contributed by atoms with Gasteiger partial charge in [0.1, 0.15) is 0 Å². The van der Waals surface area contributed by atoms with Crippen molar-refractivity contribution in [2.45, 2.75) is 40.3 Å². The van der Waals surface area contributed by atoms with Gasteiger partial charge < -0.3 is 4.52 Å². The molecule has 1 atom stereocenters. The Labute approximate surface area is 148 Å². The second-order valence-corrected chi connectivity index (χ2v) is 6.69. The summed E-state index contributed by atoms with van der Waals surface area (Å²) in [6.07, 6.45) is 1.84. The molecule has 1 N–H and O–H groups in total. The molecule has 1 unspecified atom stereocenters. The molecule has 0 aliphatic rings. The second-order valence-electron chi connectivity index (χ2n) is 6.69. The van der Waals surface area contributed by atoms with Crippen molar-refractivity contribution in [1.82, 2.24) is 20.4 Å². The van der Waals surface area contributed by atoms with Gasteiger partial charge in [-0.3, -0.25) is 10.3 Å². The molecule has 0 saturated carbocycles. The highest BCUT2D eigenvalue weighted by atomic mass is 16.5. The van der Waals surface area contributed by atoms with E-state index in [-0.39, 0.29) is 6.04 Å². The third-order valence-electron chi connectivity index (χ3n) is 4.23. The van der Waals surface area contributed by atoms with Gasteiger partial charge in [0.25, 0.3) is 0 Å². The number of nitrogens with one attached hydrogen (secondary N) is 1. The van der Waals surface area contributed by atoms with Crippen LogP contribution in [-0.4, -0.2) is 15.1 Å². The molecule has 3 aromatic rings. The van der Waals surface area contributed by atoms with Gasteiger partial charge in [0.15, 0.2) is 0 Å². The standard InChI is InChI=1S/C20H24N4O/c1-13(2)18(19-15(4)8-6-10-21-19)22-12-17-23-20(24-25-17)16-9-5-7-14(3)11-16/h5-11,13,18,22H,12H2,1-4H3. The molecule has 3 rings (SSSR count). The number of benzene rings is 1. The van der Waals surface area contributed by atoms with Crippen LogP contribution in [0.1, 0.15) is 42.6 Å². The molecule has 0 aliphatic carbocycles. The number of hydrogen-bond donors (Lipinski definition) is 1. The van der Waals surface area contributed by atoms with Gasteiger partial charge in [-0.2, -0.15) is 4.98 Å².